The standard InChI is InChI=1S/C18H19ClN2O3/c1-12(13-6-5-7-14(19)10-13)21-17(22)11-24-18(23)15-8-3-4-9-16(15)20-2/h3-10,12,20H,11H2,1-2H3,(H,21,22). The number of amides is 1. The number of carbonyl (C=O) groups excluding carboxylic acids is 2. The maximum Gasteiger partial charge on any atom is 0.340 e. The summed E-state index contributed by atoms with van der Waals surface area (Å²) in [7, 11) is 1.71. The molecule has 1 amide bonds. The first kappa shape index (κ1) is 17.8. The molecule has 24 heavy (non-hydrogen) atoms. The second-order valence-electron chi connectivity index (χ2n) is 5.22. The van der Waals surface area contributed by atoms with Crippen molar-refractivity contribution in [1.82, 2.24) is 5.32 Å². The summed E-state index contributed by atoms with van der Waals surface area (Å²) in [6, 6.07) is 13.9. The first-order valence-electron chi connectivity index (χ1n) is 7.50. The van der Waals surface area contributed by atoms with Crippen LogP contribution in [0.2, 0.25) is 5.02 Å². The smallest absolute Gasteiger partial charge is 0.340 e. The van der Waals surface area contributed by atoms with Crippen LogP contribution in [0.3, 0.4) is 0 Å². The highest BCUT2D eigenvalue weighted by atomic mass is 35.5. The maximum atomic E-state index is 12.1. The molecule has 5 nitrogen and oxygen atoms in total. The second-order valence-corrected chi connectivity index (χ2v) is 5.65. The molecule has 1 atom stereocenters. The van der Waals surface area contributed by atoms with Gasteiger partial charge < -0.3 is 15.4 Å². The van der Waals surface area contributed by atoms with Gasteiger partial charge in [-0.15, -0.1) is 0 Å². The van der Waals surface area contributed by atoms with Gasteiger partial charge in [-0.25, -0.2) is 4.79 Å². The zero-order chi connectivity index (χ0) is 17.5. The Hall–Kier alpha value is -2.53. The van der Waals surface area contributed by atoms with E-state index in [1.807, 2.05) is 25.1 Å². The molecule has 2 aromatic carbocycles. The molecule has 0 aromatic heterocycles. The van der Waals surface area contributed by atoms with Crippen molar-refractivity contribution in [3.63, 3.8) is 0 Å². The van der Waals surface area contributed by atoms with Crippen molar-refractivity contribution in [2.45, 2.75) is 13.0 Å². The summed E-state index contributed by atoms with van der Waals surface area (Å²) >= 11 is 5.94. The summed E-state index contributed by atoms with van der Waals surface area (Å²) in [5, 5.41) is 6.28. The third-order valence-electron chi connectivity index (χ3n) is 3.48. The number of hydrogen-bond acceptors (Lipinski definition) is 4. The maximum absolute atomic E-state index is 12.1. The summed E-state index contributed by atoms with van der Waals surface area (Å²) in [5.74, 6) is -0.928. The van der Waals surface area contributed by atoms with Gasteiger partial charge in [0.05, 0.1) is 11.6 Å². The van der Waals surface area contributed by atoms with E-state index in [0.29, 0.717) is 16.3 Å². The molecule has 2 rings (SSSR count). The fourth-order valence-corrected chi connectivity index (χ4v) is 2.43. The highest BCUT2D eigenvalue weighted by molar-refractivity contribution is 6.30. The topological polar surface area (TPSA) is 67.4 Å². The van der Waals surface area contributed by atoms with Crippen LogP contribution in [0.4, 0.5) is 5.69 Å². The van der Waals surface area contributed by atoms with E-state index in [1.165, 1.54) is 0 Å². The summed E-state index contributed by atoms with van der Waals surface area (Å²) in [5.41, 5.74) is 1.91. The van der Waals surface area contributed by atoms with E-state index < -0.39 is 5.97 Å². The Bertz CT molecular complexity index is 734. The van der Waals surface area contributed by atoms with Crippen LogP contribution in [0.5, 0.6) is 0 Å². The number of para-hydroxylation sites is 1. The van der Waals surface area contributed by atoms with Gasteiger partial charge in [-0.3, -0.25) is 4.79 Å². The number of carbonyl (C=O) groups is 2. The van der Waals surface area contributed by atoms with Crippen molar-refractivity contribution in [2.24, 2.45) is 0 Å². The Labute approximate surface area is 146 Å². The predicted octanol–water partition coefficient (Wildman–Crippen LogP) is 3.42. The lowest BCUT2D eigenvalue weighted by Crippen LogP contribution is -2.31. The van der Waals surface area contributed by atoms with Crippen LogP contribution in [-0.4, -0.2) is 25.5 Å². The van der Waals surface area contributed by atoms with E-state index >= 15 is 0 Å². The van der Waals surface area contributed by atoms with Crippen molar-refractivity contribution in [1.29, 1.82) is 0 Å². The number of nitrogens with one attached hydrogen (secondary N) is 2. The molecule has 1 unspecified atom stereocenters. The van der Waals surface area contributed by atoms with Crippen LogP contribution < -0.4 is 10.6 Å². The molecule has 2 aromatic rings. The van der Waals surface area contributed by atoms with Crippen molar-refractivity contribution >= 4 is 29.2 Å². The van der Waals surface area contributed by atoms with Gasteiger partial charge in [0.2, 0.25) is 0 Å². The lowest BCUT2D eigenvalue weighted by molar-refractivity contribution is -0.124. The Morgan fingerprint density at radius 2 is 1.92 bits per heavy atom. The van der Waals surface area contributed by atoms with Gasteiger partial charge in [0.1, 0.15) is 0 Å². The van der Waals surface area contributed by atoms with E-state index in [4.69, 9.17) is 16.3 Å². The summed E-state index contributed by atoms with van der Waals surface area (Å²) in [4.78, 5) is 24.0. The highest BCUT2D eigenvalue weighted by Gasteiger charge is 2.15. The van der Waals surface area contributed by atoms with Crippen molar-refractivity contribution in [3.05, 3.63) is 64.7 Å². The minimum absolute atomic E-state index is 0.237. The molecule has 0 bridgehead atoms. The average molecular weight is 347 g/mol. The number of halogens is 1. The number of hydrogen-bond donors (Lipinski definition) is 2. The number of ether oxygens (including phenoxy) is 1. The minimum Gasteiger partial charge on any atom is -0.452 e. The first-order valence-corrected chi connectivity index (χ1v) is 7.87. The molecule has 6 heteroatoms. The first-order chi connectivity index (χ1) is 11.5. The van der Waals surface area contributed by atoms with Crippen molar-refractivity contribution in [3.8, 4) is 0 Å². The second kappa shape index (κ2) is 8.36. The Kier molecular flexibility index (Phi) is 6.21. The van der Waals surface area contributed by atoms with Gasteiger partial charge in [-0.1, -0.05) is 35.9 Å². The number of benzene rings is 2. The zero-order valence-corrected chi connectivity index (χ0v) is 14.3. The molecular formula is C18H19ClN2O3. The third-order valence-corrected chi connectivity index (χ3v) is 3.71. The van der Waals surface area contributed by atoms with Crippen molar-refractivity contribution in [2.75, 3.05) is 19.0 Å². The van der Waals surface area contributed by atoms with Crippen LogP contribution in [-0.2, 0) is 9.53 Å². The number of esters is 1. The number of anilines is 1. The van der Waals surface area contributed by atoms with E-state index in [-0.39, 0.29) is 18.6 Å². The lowest BCUT2D eigenvalue weighted by Gasteiger charge is -2.15. The Morgan fingerprint density at radius 3 is 2.62 bits per heavy atom. The average Bonchev–Trinajstić information content (AvgIpc) is 2.59. The van der Waals surface area contributed by atoms with Crippen LogP contribution in [0.15, 0.2) is 48.5 Å². The zero-order valence-electron chi connectivity index (χ0n) is 13.5. The van der Waals surface area contributed by atoms with Gasteiger partial charge in [-0.05, 0) is 36.8 Å². The van der Waals surface area contributed by atoms with E-state index in [2.05, 4.69) is 10.6 Å². The largest absolute Gasteiger partial charge is 0.452 e. The van der Waals surface area contributed by atoms with Crippen LogP contribution in [0.25, 0.3) is 0 Å². The molecule has 0 aliphatic carbocycles. The number of rotatable bonds is 6. The van der Waals surface area contributed by atoms with Gasteiger partial charge in [0, 0.05) is 17.8 Å². The molecule has 0 radical (unpaired) electrons. The van der Waals surface area contributed by atoms with E-state index in [9.17, 15) is 9.59 Å². The van der Waals surface area contributed by atoms with Gasteiger partial charge in [0.25, 0.3) is 5.91 Å². The molecule has 0 fully saturated rings. The summed E-state index contributed by atoms with van der Waals surface area (Å²) < 4.78 is 5.08. The van der Waals surface area contributed by atoms with E-state index in [0.717, 1.165) is 5.56 Å². The summed E-state index contributed by atoms with van der Waals surface area (Å²) in [6.45, 7) is 1.49. The van der Waals surface area contributed by atoms with Crippen LogP contribution >= 0.6 is 11.6 Å². The van der Waals surface area contributed by atoms with Crippen LogP contribution in [0.1, 0.15) is 28.9 Å². The van der Waals surface area contributed by atoms with Gasteiger partial charge in [0.15, 0.2) is 6.61 Å². The third kappa shape index (κ3) is 4.73. The molecule has 0 spiro atoms. The molecule has 2 N–H and O–H groups in total. The molecule has 126 valence electrons. The van der Waals surface area contributed by atoms with Crippen LogP contribution in [0, 0.1) is 0 Å². The van der Waals surface area contributed by atoms with Crippen molar-refractivity contribution < 1.29 is 14.3 Å². The normalized spacial score (nSPS) is 11.5. The SMILES string of the molecule is CNc1ccccc1C(=O)OCC(=O)NC(C)c1cccc(Cl)c1. The monoisotopic (exact) mass is 346 g/mol. The molecule has 0 heterocycles. The predicted molar refractivity (Wildman–Crippen MR) is 94.3 cm³/mol. The quantitative estimate of drug-likeness (QED) is 0.786. The Balaban J connectivity index is 1.90. The van der Waals surface area contributed by atoms with Gasteiger partial charge >= 0.3 is 5.97 Å². The van der Waals surface area contributed by atoms with E-state index in [1.54, 1.807) is 37.4 Å². The fourth-order valence-electron chi connectivity index (χ4n) is 2.23. The summed E-state index contributed by atoms with van der Waals surface area (Å²) in [6.07, 6.45) is 0. The Morgan fingerprint density at radius 1 is 1.17 bits per heavy atom. The lowest BCUT2D eigenvalue weighted by atomic mass is 10.1. The van der Waals surface area contributed by atoms with Gasteiger partial charge in [-0.2, -0.15) is 0 Å². The highest BCUT2D eigenvalue weighted by Crippen LogP contribution is 2.17. The fraction of sp³-hybridized carbons (Fsp3) is 0.222. The minimum atomic E-state index is -0.550. The molecule has 0 aliphatic rings. The molecular weight excluding hydrogens is 328 g/mol. The molecule has 0 saturated heterocycles. The molecule has 0 saturated carbocycles. The molecule has 0 aliphatic heterocycles.